The summed E-state index contributed by atoms with van der Waals surface area (Å²) in [5.74, 6) is 1.29. The second-order valence-corrected chi connectivity index (χ2v) is 8.47. The standard InChI is InChI=1S/C21H26N4O3/c1-21(2,3)28-20(26)25-6-4-14(5-7-25)18-9-15-8-17(24-12-19(15)27-18)16-10-22-13-23-11-16/h8,10-14,18H,4-7,9H2,1-3H3. The van der Waals surface area contributed by atoms with Crippen LogP contribution in [0.15, 0.2) is 31.0 Å². The van der Waals surface area contributed by atoms with Crippen molar-refractivity contribution in [3.63, 3.8) is 0 Å². The number of piperidine rings is 1. The van der Waals surface area contributed by atoms with Gasteiger partial charge in [-0.1, -0.05) is 0 Å². The van der Waals surface area contributed by atoms with E-state index in [0.717, 1.165) is 36.3 Å². The van der Waals surface area contributed by atoms with E-state index in [-0.39, 0.29) is 12.2 Å². The largest absolute Gasteiger partial charge is 0.488 e. The number of fused-ring (bicyclic) bond motifs is 1. The van der Waals surface area contributed by atoms with Gasteiger partial charge >= 0.3 is 6.09 Å². The number of aromatic nitrogens is 3. The van der Waals surface area contributed by atoms with Crippen LogP contribution in [0.2, 0.25) is 0 Å². The SMILES string of the molecule is CC(C)(C)OC(=O)N1CCC(C2Cc3cc(-c4cncnc4)ncc3O2)CC1. The molecule has 1 saturated heterocycles. The van der Waals surface area contributed by atoms with Crippen LogP contribution in [0.5, 0.6) is 5.75 Å². The lowest BCUT2D eigenvalue weighted by Gasteiger charge is -2.35. The van der Waals surface area contributed by atoms with Crippen molar-refractivity contribution in [2.24, 2.45) is 5.92 Å². The van der Waals surface area contributed by atoms with Gasteiger partial charge < -0.3 is 14.4 Å². The zero-order chi connectivity index (χ0) is 19.7. The van der Waals surface area contributed by atoms with E-state index >= 15 is 0 Å². The molecule has 0 bridgehead atoms. The summed E-state index contributed by atoms with van der Waals surface area (Å²) < 4.78 is 11.7. The molecule has 0 saturated carbocycles. The van der Waals surface area contributed by atoms with Gasteiger partial charge in [-0.05, 0) is 45.6 Å². The number of amides is 1. The molecule has 148 valence electrons. The van der Waals surface area contributed by atoms with Crippen LogP contribution in [-0.4, -0.2) is 50.7 Å². The molecule has 4 rings (SSSR count). The third kappa shape index (κ3) is 4.08. The Hall–Kier alpha value is -2.70. The Morgan fingerprint density at radius 1 is 1.18 bits per heavy atom. The molecule has 28 heavy (non-hydrogen) atoms. The molecule has 2 aromatic rings. The molecule has 0 N–H and O–H groups in total. The Balaban J connectivity index is 1.36. The smallest absolute Gasteiger partial charge is 0.410 e. The molecule has 1 amide bonds. The maximum atomic E-state index is 12.2. The molecule has 1 fully saturated rings. The molecule has 2 aliphatic heterocycles. The average Bonchev–Trinajstić information content (AvgIpc) is 3.11. The number of ether oxygens (including phenoxy) is 2. The minimum absolute atomic E-state index is 0.139. The second kappa shape index (κ2) is 7.37. The molecule has 0 spiro atoms. The number of hydrogen-bond acceptors (Lipinski definition) is 6. The van der Waals surface area contributed by atoms with Crippen molar-refractivity contribution in [3.05, 3.63) is 36.5 Å². The Bertz CT molecular complexity index is 842. The summed E-state index contributed by atoms with van der Waals surface area (Å²) >= 11 is 0. The molecule has 2 aromatic heterocycles. The predicted octanol–water partition coefficient (Wildman–Crippen LogP) is 3.49. The Kier molecular flexibility index (Phi) is 4.91. The van der Waals surface area contributed by atoms with E-state index in [1.165, 1.54) is 11.9 Å². The van der Waals surface area contributed by atoms with E-state index in [4.69, 9.17) is 9.47 Å². The van der Waals surface area contributed by atoms with Gasteiger partial charge in [0, 0.05) is 43.0 Å². The van der Waals surface area contributed by atoms with E-state index in [9.17, 15) is 4.79 Å². The highest BCUT2D eigenvalue weighted by molar-refractivity contribution is 5.68. The maximum absolute atomic E-state index is 12.2. The third-order valence-electron chi connectivity index (χ3n) is 5.22. The van der Waals surface area contributed by atoms with Crippen molar-refractivity contribution >= 4 is 6.09 Å². The number of carbonyl (C=O) groups is 1. The Morgan fingerprint density at radius 3 is 2.57 bits per heavy atom. The summed E-state index contributed by atoms with van der Waals surface area (Å²) in [4.78, 5) is 26.7. The van der Waals surface area contributed by atoms with Gasteiger partial charge in [-0.15, -0.1) is 0 Å². The van der Waals surface area contributed by atoms with Crippen LogP contribution in [0, 0.1) is 5.92 Å². The highest BCUT2D eigenvalue weighted by Gasteiger charge is 2.35. The fourth-order valence-corrected chi connectivity index (χ4v) is 3.80. The van der Waals surface area contributed by atoms with Gasteiger partial charge in [0.25, 0.3) is 0 Å². The van der Waals surface area contributed by atoms with Crippen LogP contribution >= 0.6 is 0 Å². The fourth-order valence-electron chi connectivity index (χ4n) is 3.80. The highest BCUT2D eigenvalue weighted by Crippen LogP contribution is 2.36. The first-order chi connectivity index (χ1) is 13.4. The van der Waals surface area contributed by atoms with Crippen molar-refractivity contribution in [2.75, 3.05) is 13.1 Å². The lowest BCUT2D eigenvalue weighted by Crippen LogP contribution is -2.44. The van der Waals surface area contributed by atoms with Gasteiger partial charge in [-0.3, -0.25) is 4.98 Å². The van der Waals surface area contributed by atoms with Crippen molar-refractivity contribution in [3.8, 4) is 17.0 Å². The van der Waals surface area contributed by atoms with Crippen molar-refractivity contribution in [1.29, 1.82) is 0 Å². The van der Waals surface area contributed by atoms with E-state index in [1.54, 1.807) is 23.5 Å². The zero-order valence-corrected chi connectivity index (χ0v) is 16.6. The van der Waals surface area contributed by atoms with Crippen molar-refractivity contribution in [1.82, 2.24) is 19.9 Å². The van der Waals surface area contributed by atoms with Crippen LogP contribution < -0.4 is 4.74 Å². The molecule has 0 radical (unpaired) electrons. The first-order valence-electron chi connectivity index (χ1n) is 9.78. The van der Waals surface area contributed by atoms with Crippen LogP contribution in [0.3, 0.4) is 0 Å². The first-order valence-corrected chi connectivity index (χ1v) is 9.78. The summed E-state index contributed by atoms with van der Waals surface area (Å²) in [6.07, 6.45) is 9.47. The van der Waals surface area contributed by atoms with Crippen LogP contribution in [0.4, 0.5) is 4.79 Å². The summed E-state index contributed by atoms with van der Waals surface area (Å²) in [7, 11) is 0. The van der Waals surface area contributed by atoms with Crippen LogP contribution in [-0.2, 0) is 11.2 Å². The van der Waals surface area contributed by atoms with Gasteiger partial charge in [0.1, 0.15) is 23.8 Å². The van der Waals surface area contributed by atoms with Crippen molar-refractivity contribution < 1.29 is 14.3 Å². The van der Waals surface area contributed by atoms with E-state index in [0.29, 0.717) is 19.0 Å². The lowest BCUT2D eigenvalue weighted by atomic mass is 9.89. The number of nitrogens with zero attached hydrogens (tertiary/aromatic N) is 4. The fraction of sp³-hybridized carbons (Fsp3) is 0.524. The summed E-state index contributed by atoms with van der Waals surface area (Å²) in [6, 6.07) is 2.07. The van der Waals surface area contributed by atoms with Crippen LogP contribution in [0.25, 0.3) is 11.3 Å². The summed E-state index contributed by atoms with van der Waals surface area (Å²) in [6.45, 7) is 7.10. The minimum Gasteiger partial charge on any atom is -0.488 e. The Morgan fingerprint density at radius 2 is 1.89 bits per heavy atom. The molecule has 1 unspecified atom stereocenters. The number of carbonyl (C=O) groups excluding carboxylic acids is 1. The molecule has 1 atom stereocenters. The number of pyridine rings is 1. The topological polar surface area (TPSA) is 77.4 Å². The third-order valence-corrected chi connectivity index (χ3v) is 5.22. The summed E-state index contributed by atoms with van der Waals surface area (Å²) in [5.41, 5.74) is 2.48. The van der Waals surface area contributed by atoms with E-state index in [2.05, 4.69) is 21.0 Å². The number of hydrogen-bond donors (Lipinski definition) is 0. The average molecular weight is 382 g/mol. The maximum Gasteiger partial charge on any atom is 0.410 e. The molecule has 4 heterocycles. The van der Waals surface area contributed by atoms with E-state index < -0.39 is 5.60 Å². The minimum atomic E-state index is -0.460. The quantitative estimate of drug-likeness (QED) is 0.791. The molecule has 7 nitrogen and oxygen atoms in total. The molecule has 0 aliphatic carbocycles. The molecule has 0 aromatic carbocycles. The van der Waals surface area contributed by atoms with Gasteiger partial charge in [0.05, 0.1) is 11.9 Å². The van der Waals surface area contributed by atoms with Crippen molar-refractivity contribution in [2.45, 2.75) is 51.7 Å². The molecular formula is C21H26N4O3. The Labute approximate surface area is 165 Å². The zero-order valence-electron chi connectivity index (χ0n) is 16.6. The highest BCUT2D eigenvalue weighted by atomic mass is 16.6. The summed E-state index contributed by atoms with van der Waals surface area (Å²) in [5, 5.41) is 0. The van der Waals surface area contributed by atoms with Gasteiger partial charge in [-0.25, -0.2) is 14.8 Å². The second-order valence-electron chi connectivity index (χ2n) is 8.47. The van der Waals surface area contributed by atoms with Gasteiger partial charge in [0.15, 0.2) is 0 Å². The van der Waals surface area contributed by atoms with E-state index in [1.807, 2.05) is 20.8 Å². The normalized spacial score (nSPS) is 19.8. The number of likely N-dealkylation sites (tertiary alicyclic amines) is 1. The first kappa shape index (κ1) is 18.7. The monoisotopic (exact) mass is 382 g/mol. The molecule has 2 aliphatic rings. The predicted molar refractivity (Wildman–Crippen MR) is 104 cm³/mol. The number of rotatable bonds is 2. The van der Waals surface area contributed by atoms with Gasteiger partial charge in [-0.2, -0.15) is 0 Å². The lowest BCUT2D eigenvalue weighted by molar-refractivity contribution is 0.0123. The van der Waals surface area contributed by atoms with Gasteiger partial charge in [0.2, 0.25) is 0 Å². The molecule has 7 heteroatoms. The van der Waals surface area contributed by atoms with Crippen LogP contribution in [0.1, 0.15) is 39.2 Å². The molecular weight excluding hydrogens is 356 g/mol.